The Morgan fingerprint density at radius 1 is 1.29 bits per heavy atom. The number of methoxy groups -OCH3 is 1. The molecular formula is C26H33ClN2O9. The third-order valence-electron chi connectivity index (χ3n) is 8.37. The number of likely N-dealkylation sites (N-methyl/N-ethyl adjacent to an activating group) is 1. The maximum Gasteiger partial charge on any atom is 0.352 e. The van der Waals surface area contributed by atoms with Gasteiger partial charge in [-0.25, -0.2) is 4.79 Å². The number of rotatable bonds is 8. The van der Waals surface area contributed by atoms with Gasteiger partial charge in [-0.05, 0) is 57.5 Å². The molecule has 6 atom stereocenters. The van der Waals surface area contributed by atoms with Crippen molar-refractivity contribution in [3.63, 3.8) is 0 Å². The molecule has 2 unspecified atom stereocenters. The summed E-state index contributed by atoms with van der Waals surface area (Å²) in [5.41, 5.74) is 5.71. The molecule has 4 aliphatic rings. The maximum atomic E-state index is 13.0. The van der Waals surface area contributed by atoms with Crippen molar-refractivity contribution in [3.05, 3.63) is 35.1 Å². The van der Waals surface area contributed by atoms with Crippen LogP contribution in [0.5, 0.6) is 11.5 Å². The molecule has 38 heavy (non-hydrogen) atoms. The molecule has 1 fully saturated rings. The summed E-state index contributed by atoms with van der Waals surface area (Å²) in [7, 11) is 3.56. The minimum atomic E-state index is -1.28. The molecule has 2 heterocycles. The van der Waals surface area contributed by atoms with E-state index in [2.05, 4.69) is 4.90 Å². The summed E-state index contributed by atoms with van der Waals surface area (Å²) in [6, 6.07) is 2.55. The molecule has 208 valence electrons. The van der Waals surface area contributed by atoms with Crippen molar-refractivity contribution in [3.8, 4) is 11.5 Å². The second kappa shape index (κ2) is 10.0. The fourth-order valence-electron chi connectivity index (χ4n) is 6.49. The van der Waals surface area contributed by atoms with Crippen LogP contribution in [0.25, 0.3) is 0 Å². The molecule has 5 rings (SSSR count). The zero-order valence-corrected chi connectivity index (χ0v) is 22.3. The molecule has 4 N–H and O–H groups in total. The van der Waals surface area contributed by atoms with Crippen molar-refractivity contribution < 1.29 is 43.5 Å². The number of carboxylic acids is 1. The molecule has 1 spiro atoms. The SMILES string of the molecule is COc1ccc2c3c1O[C@H]1C(OC(=O)C(C)OC(=O)C(N)CCC(=O)O)=CC[C@@]4(O)[C@@H](C2)N(C)CC[C@]314.Cl. The highest BCUT2D eigenvalue weighted by atomic mass is 35.5. The summed E-state index contributed by atoms with van der Waals surface area (Å²) in [6.07, 6.45) is 0.731. The number of aliphatic carboxylic acids is 1. The van der Waals surface area contributed by atoms with Crippen LogP contribution in [0.1, 0.15) is 43.7 Å². The van der Waals surface area contributed by atoms with Crippen LogP contribution in [0, 0.1) is 0 Å². The number of nitrogens with two attached hydrogens (primary N) is 1. The predicted molar refractivity (Wildman–Crippen MR) is 135 cm³/mol. The number of hydrogen-bond acceptors (Lipinski definition) is 10. The summed E-state index contributed by atoms with van der Waals surface area (Å²) >= 11 is 0. The zero-order chi connectivity index (χ0) is 26.7. The first-order valence-electron chi connectivity index (χ1n) is 12.4. The normalized spacial score (nSPS) is 30.0. The van der Waals surface area contributed by atoms with Gasteiger partial charge in [0.05, 0.1) is 18.1 Å². The van der Waals surface area contributed by atoms with Crippen LogP contribution in [0.4, 0.5) is 0 Å². The van der Waals surface area contributed by atoms with Gasteiger partial charge in [0.15, 0.2) is 23.7 Å². The van der Waals surface area contributed by atoms with Gasteiger partial charge < -0.3 is 39.8 Å². The van der Waals surface area contributed by atoms with Gasteiger partial charge in [0.1, 0.15) is 11.8 Å². The molecule has 1 aromatic rings. The van der Waals surface area contributed by atoms with Gasteiger partial charge in [0, 0.05) is 24.4 Å². The lowest BCUT2D eigenvalue weighted by atomic mass is 9.50. The van der Waals surface area contributed by atoms with E-state index in [-0.39, 0.29) is 43.5 Å². The standard InChI is InChI=1S/C26H32N2O9.ClH/c1-13(35-24(32)15(27)5-7-19(29)30)23(31)36-17-8-9-26(33)18-12-14-4-6-16(34-3)21-20(14)25(26,22(17)37-21)10-11-28(18)2;/h4,6,8,13,15,18,22,33H,5,7,9-12,27H2,1-3H3,(H,29,30);1H/t13?,15?,18-,22+,25+,26-;/m1./s1. The highest BCUT2D eigenvalue weighted by Gasteiger charge is 2.72. The molecule has 2 bridgehead atoms. The number of likely N-dealkylation sites (tertiary alicyclic amines) is 1. The average molecular weight is 553 g/mol. The Labute approximate surface area is 226 Å². The molecule has 2 aliphatic carbocycles. The van der Waals surface area contributed by atoms with Crippen LogP contribution in [-0.2, 0) is 35.7 Å². The van der Waals surface area contributed by atoms with Gasteiger partial charge in [-0.3, -0.25) is 9.59 Å². The van der Waals surface area contributed by atoms with E-state index in [1.165, 1.54) is 6.92 Å². The van der Waals surface area contributed by atoms with E-state index in [0.717, 1.165) is 17.7 Å². The lowest BCUT2D eigenvalue weighted by Gasteiger charge is -2.61. The fourth-order valence-corrected chi connectivity index (χ4v) is 6.49. The van der Waals surface area contributed by atoms with Crippen molar-refractivity contribution in [2.45, 2.75) is 74.3 Å². The summed E-state index contributed by atoms with van der Waals surface area (Å²) in [4.78, 5) is 38.1. The fraction of sp³-hybridized carbons (Fsp3) is 0.577. The van der Waals surface area contributed by atoms with Crippen molar-refractivity contribution in [2.75, 3.05) is 20.7 Å². The van der Waals surface area contributed by atoms with E-state index in [4.69, 9.17) is 29.8 Å². The molecule has 1 aromatic carbocycles. The third kappa shape index (κ3) is 4.03. The van der Waals surface area contributed by atoms with Crippen molar-refractivity contribution in [1.82, 2.24) is 4.90 Å². The monoisotopic (exact) mass is 552 g/mol. The Morgan fingerprint density at radius 2 is 2.03 bits per heavy atom. The molecule has 0 saturated carbocycles. The number of halogens is 1. The number of carbonyl (C=O) groups excluding carboxylic acids is 2. The number of hydrogen-bond donors (Lipinski definition) is 3. The smallest absolute Gasteiger partial charge is 0.352 e. The second-order valence-corrected chi connectivity index (χ2v) is 10.3. The number of carboxylic acid groups (broad SMARTS) is 1. The Morgan fingerprint density at radius 3 is 2.71 bits per heavy atom. The Balaban J connectivity index is 0.00000336. The zero-order valence-electron chi connectivity index (χ0n) is 21.5. The number of benzene rings is 1. The van der Waals surface area contributed by atoms with Crippen LogP contribution >= 0.6 is 12.4 Å². The van der Waals surface area contributed by atoms with E-state index in [9.17, 15) is 19.5 Å². The third-order valence-corrected chi connectivity index (χ3v) is 8.37. The minimum Gasteiger partial charge on any atom is -0.493 e. The Hall–Kier alpha value is -2.86. The molecule has 2 aliphatic heterocycles. The predicted octanol–water partition coefficient (Wildman–Crippen LogP) is 1.06. The van der Waals surface area contributed by atoms with E-state index in [0.29, 0.717) is 24.3 Å². The second-order valence-electron chi connectivity index (χ2n) is 10.3. The summed E-state index contributed by atoms with van der Waals surface area (Å²) in [6.45, 7) is 2.09. The summed E-state index contributed by atoms with van der Waals surface area (Å²) in [5, 5.41) is 21.0. The lowest BCUT2D eigenvalue weighted by molar-refractivity contribution is -0.175. The van der Waals surface area contributed by atoms with E-state index in [1.54, 1.807) is 13.2 Å². The molecule has 0 aromatic heterocycles. The topological polar surface area (TPSA) is 158 Å². The number of carbonyl (C=O) groups is 3. The van der Waals surface area contributed by atoms with Gasteiger partial charge in [0.25, 0.3) is 0 Å². The maximum absolute atomic E-state index is 13.0. The van der Waals surface area contributed by atoms with Crippen LogP contribution in [-0.4, -0.2) is 83.6 Å². The first-order valence-corrected chi connectivity index (χ1v) is 12.4. The largest absolute Gasteiger partial charge is 0.493 e. The van der Waals surface area contributed by atoms with E-state index >= 15 is 0 Å². The number of aliphatic hydroxyl groups is 1. The van der Waals surface area contributed by atoms with Gasteiger partial charge in [-0.15, -0.1) is 12.4 Å². The molecule has 11 nitrogen and oxygen atoms in total. The van der Waals surface area contributed by atoms with Crippen molar-refractivity contribution in [2.24, 2.45) is 5.73 Å². The quantitative estimate of drug-likeness (QED) is 0.396. The first kappa shape index (κ1) is 28.2. The van der Waals surface area contributed by atoms with Crippen LogP contribution in [0.15, 0.2) is 24.0 Å². The molecule has 1 saturated heterocycles. The number of nitrogens with zero attached hydrogens (tertiary/aromatic N) is 1. The van der Waals surface area contributed by atoms with E-state index in [1.807, 2.05) is 19.2 Å². The van der Waals surface area contributed by atoms with Crippen molar-refractivity contribution >= 4 is 30.3 Å². The van der Waals surface area contributed by atoms with Crippen LogP contribution in [0.2, 0.25) is 0 Å². The summed E-state index contributed by atoms with van der Waals surface area (Å²) in [5.74, 6) is -1.44. The van der Waals surface area contributed by atoms with Crippen LogP contribution in [0.3, 0.4) is 0 Å². The molecule has 0 radical (unpaired) electrons. The minimum absolute atomic E-state index is 0. The Bertz CT molecular complexity index is 1190. The number of ether oxygens (including phenoxy) is 4. The van der Waals surface area contributed by atoms with Gasteiger partial charge in [0.2, 0.25) is 0 Å². The van der Waals surface area contributed by atoms with Crippen LogP contribution < -0.4 is 15.2 Å². The number of esters is 2. The lowest BCUT2D eigenvalue weighted by Crippen LogP contribution is -2.74. The highest BCUT2D eigenvalue weighted by Crippen LogP contribution is 2.65. The average Bonchev–Trinajstić information content (AvgIpc) is 3.21. The van der Waals surface area contributed by atoms with Crippen molar-refractivity contribution in [1.29, 1.82) is 0 Å². The van der Waals surface area contributed by atoms with Gasteiger partial charge in [-0.1, -0.05) is 6.07 Å². The highest BCUT2D eigenvalue weighted by molar-refractivity contribution is 5.85. The first-order chi connectivity index (χ1) is 17.5. The Kier molecular flexibility index (Phi) is 7.43. The molecular weight excluding hydrogens is 520 g/mol. The van der Waals surface area contributed by atoms with Gasteiger partial charge in [-0.2, -0.15) is 0 Å². The van der Waals surface area contributed by atoms with Gasteiger partial charge >= 0.3 is 17.9 Å². The van der Waals surface area contributed by atoms with E-state index < -0.39 is 47.2 Å². The number of piperidine rings is 1. The summed E-state index contributed by atoms with van der Waals surface area (Å²) < 4.78 is 22.9. The molecule has 12 heteroatoms. The molecule has 0 amide bonds.